The third kappa shape index (κ3) is 2.81. The summed E-state index contributed by atoms with van der Waals surface area (Å²) in [5.41, 5.74) is 8.63. The van der Waals surface area contributed by atoms with E-state index in [2.05, 4.69) is 5.32 Å². The van der Waals surface area contributed by atoms with E-state index in [-0.39, 0.29) is 5.78 Å². The largest absolute Gasteiger partial charge is 0.397 e. The second-order valence-corrected chi connectivity index (χ2v) is 4.43. The van der Waals surface area contributed by atoms with Gasteiger partial charge in [-0.25, -0.2) is 0 Å². The molecule has 0 radical (unpaired) electrons. The fraction of sp³-hybridized carbons (Fsp3) is 0.0714. The van der Waals surface area contributed by atoms with Crippen LogP contribution in [0.15, 0.2) is 42.5 Å². The van der Waals surface area contributed by atoms with Crippen LogP contribution in [-0.2, 0) is 0 Å². The topological polar surface area (TPSA) is 55.1 Å². The number of hydrogen-bond donors (Lipinski definition) is 2. The first-order valence-electron chi connectivity index (χ1n) is 5.49. The van der Waals surface area contributed by atoms with Crippen LogP contribution in [0.4, 0.5) is 17.1 Å². The van der Waals surface area contributed by atoms with Gasteiger partial charge in [-0.05, 0) is 37.3 Å². The Labute approximate surface area is 111 Å². The van der Waals surface area contributed by atoms with E-state index in [1.165, 1.54) is 6.92 Å². The molecule has 0 saturated heterocycles. The van der Waals surface area contributed by atoms with Crippen molar-refractivity contribution in [2.45, 2.75) is 6.92 Å². The number of nitrogens with two attached hydrogens (primary N) is 1. The van der Waals surface area contributed by atoms with Crippen molar-refractivity contribution >= 4 is 34.4 Å². The van der Waals surface area contributed by atoms with E-state index in [9.17, 15) is 4.79 Å². The molecule has 92 valence electrons. The van der Waals surface area contributed by atoms with E-state index in [0.717, 1.165) is 11.4 Å². The van der Waals surface area contributed by atoms with E-state index >= 15 is 0 Å². The second-order valence-electron chi connectivity index (χ2n) is 3.99. The number of halogens is 1. The third-order valence-corrected chi connectivity index (χ3v) is 2.80. The summed E-state index contributed by atoms with van der Waals surface area (Å²) in [6.07, 6.45) is 0. The third-order valence-electron chi connectivity index (χ3n) is 2.56. The molecule has 3 nitrogen and oxygen atoms in total. The number of nitrogen functional groups attached to an aromatic ring is 1. The minimum atomic E-state index is 0.0257. The van der Waals surface area contributed by atoms with Crippen molar-refractivity contribution < 1.29 is 4.79 Å². The van der Waals surface area contributed by atoms with Gasteiger partial charge >= 0.3 is 0 Å². The summed E-state index contributed by atoms with van der Waals surface area (Å²) in [6.45, 7) is 1.53. The molecule has 0 aliphatic heterocycles. The Morgan fingerprint density at radius 2 is 2.00 bits per heavy atom. The van der Waals surface area contributed by atoms with E-state index in [1.807, 2.05) is 12.1 Å². The van der Waals surface area contributed by atoms with Crippen molar-refractivity contribution in [3.8, 4) is 0 Å². The Kier molecular flexibility index (Phi) is 3.53. The highest BCUT2D eigenvalue weighted by atomic mass is 35.5. The summed E-state index contributed by atoms with van der Waals surface area (Å²) in [6, 6.07) is 12.5. The number of Topliss-reactive ketones (excluding diaryl/α,β-unsaturated/α-hetero) is 1. The Balaban J connectivity index is 2.31. The van der Waals surface area contributed by atoms with Crippen LogP contribution >= 0.6 is 11.6 Å². The highest BCUT2D eigenvalue weighted by Gasteiger charge is 2.03. The zero-order valence-corrected chi connectivity index (χ0v) is 10.7. The number of nitrogens with one attached hydrogen (secondary N) is 1. The van der Waals surface area contributed by atoms with Gasteiger partial charge in [0, 0.05) is 16.3 Å². The van der Waals surface area contributed by atoms with Gasteiger partial charge in [0.05, 0.1) is 11.4 Å². The molecule has 0 aliphatic rings. The summed E-state index contributed by atoms with van der Waals surface area (Å²) < 4.78 is 0. The zero-order chi connectivity index (χ0) is 13.1. The lowest BCUT2D eigenvalue weighted by Gasteiger charge is -2.10. The number of carbonyl (C=O) groups excluding carboxylic acids is 1. The van der Waals surface area contributed by atoms with Crippen LogP contribution in [-0.4, -0.2) is 5.78 Å². The molecule has 2 aromatic rings. The Bertz CT molecular complexity index is 596. The fourth-order valence-electron chi connectivity index (χ4n) is 1.61. The molecule has 0 bridgehead atoms. The molecule has 3 N–H and O–H groups in total. The monoisotopic (exact) mass is 260 g/mol. The molecule has 0 aliphatic carbocycles. The Morgan fingerprint density at radius 3 is 2.72 bits per heavy atom. The molecule has 0 heterocycles. The van der Waals surface area contributed by atoms with Crippen LogP contribution in [0.1, 0.15) is 17.3 Å². The first kappa shape index (κ1) is 12.5. The van der Waals surface area contributed by atoms with Gasteiger partial charge in [-0.1, -0.05) is 23.7 Å². The average molecular weight is 261 g/mol. The maximum atomic E-state index is 11.3. The molecule has 2 rings (SSSR count). The number of anilines is 3. The number of ketones is 1. The van der Waals surface area contributed by atoms with Crippen molar-refractivity contribution in [3.63, 3.8) is 0 Å². The van der Waals surface area contributed by atoms with E-state index < -0.39 is 0 Å². The smallest absolute Gasteiger partial charge is 0.159 e. The van der Waals surface area contributed by atoms with Crippen molar-refractivity contribution in [2.24, 2.45) is 0 Å². The van der Waals surface area contributed by atoms with E-state index in [4.69, 9.17) is 17.3 Å². The standard InChI is InChI=1S/C14H13ClN2O/c1-9(18)10-3-2-4-12(7-10)17-14-8-11(15)5-6-13(14)16/h2-8,17H,16H2,1H3. The van der Waals surface area contributed by atoms with Crippen LogP contribution in [0, 0.1) is 0 Å². The van der Waals surface area contributed by atoms with E-state index in [0.29, 0.717) is 16.3 Å². The molecular formula is C14H13ClN2O. The number of rotatable bonds is 3. The maximum absolute atomic E-state index is 11.3. The lowest BCUT2D eigenvalue weighted by molar-refractivity contribution is 0.101. The summed E-state index contributed by atoms with van der Waals surface area (Å²) in [7, 11) is 0. The molecule has 0 amide bonds. The maximum Gasteiger partial charge on any atom is 0.159 e. The summed E-state index contributed by atoms with van der Waals surface area (Å²) in [5.74, 6) is 0.0257. The molecule has 4 heteroatoms. The Hall–Kier alpha value is -2.00. The quantitative estimate of drug-likeness (QED) is 0.651. The highest BCUT2D eigenvalue weighted by Crippen LogP contribution is 2.26. The van der Waals surface area contributed by atoms with Gasteiger partial charge in [0.15, 0.2) is 5.78 Å². The van der Waals surface area contributed by atoms with Gasteiger partial charge in [-0.2, -0.15) is 0 Å². The van der Waals surface area contributed by atoms with Crippen LogP contribution in [0.25, 0.3) is 0 Å². The van der Waals surface area contributed by atoms with Crippen LogP contribution in [0.3, 0.4) is 0 Å². The normalized spacial score (nSPS) is 10.1. The second kappa shape index (κ2) is 5.10. The minimum absolute atomic E-state index is 0.0257. The number of hydrogen-bond acceptors (Lipinski definition) is 3. The molecule has 0 unspecified atom stereocenters. The summed E-state index contributed by atoms with van der Waals surface area (Å²) in [4.78, 5) is 11.3. The number of carbonyl (C=O) groups is 1. The van der Waals surface area contributed by atoms with Crippen molar-refractivity contribution in [1.82, 2.24) is 0 Å². The molecule has 18 heavy (non-hydrogen) atoms. The van der Waals surface area contributed by atoms with E-state index in [1.54, 1.807) is 30.3 Å². The van der Waals surface area contributed by atoms with Gasteiger partial charge < -0.3 is 11.1 Å². The highest BCUT2D eigenvalue weighted by molar-refractivity contribution is 6.31. The van der Waals surface area contributed by atoms with Gasteiger partial charge in [-0.15, -0.1) is 0 Å². The van der Waals surface area contributed by atoms with Gasteiger partial charge in [0.2, 0.25) is 0 Å². The Morgan fingerprint density at radius 1 is 1.22 bits per heavy atom. The first-order chi connectivity index (χ1) is 8.56. The molecule has 0 atom stereocenters. The summed E-state index contributed by atoms with van der Waals surface area (Å²) >= 11 is 5.92. The van der Waals surface area contributed by atoms with Crippen molar-refractivity contribution in [1.29, 1.82) is 0 Å². The molecule has 0 spiro atoms. The predicted molar refractivity (Wildman–Crippen MR) is 75.6 cm³/mol. The lowest BCUT2D eigenvalue weighted by Crippen LogP contribution is -1.98. The number of benzene rings is 2. The van der Waals surface area contributed by atoms with Gasteiger partial charge in [0.1, 0.15) is 0 Å². The lowest BCUT2D eigenvalue weighted by atomic mass is 10.1. The molecule has 2 aromatic carbocycles. The predicted octanol–water partition coefficient (Wildman–Crippen LogP) is 3.87. The fourth-order valence-corrected chi connectivity index (χ4v) is 1.78. The van der Waals surface area contributed by atoms with Crippen LogP contribution in [0.2, 0.25) is 5.02 Å². The first-order valence-corrected chi connectivity index (χ1v) is 5.87. The molecule has 0 aromatic heterocycles. The molecule has 0 fully saturated rings. The van der Waals surface area contributed by atoms with Gasteiger partial charge in [0.25, 0.3) is 0 Å². The van der Waals surface area contributed by atoms with Gasteiger partial charge in [-0.3, -0.25) is 4.79 Å². The average Bonchev–Trinajstić information content (AvgIpc) is 2.34. The molecule has 0 saturated carbocycles. The molecular weight excluding hydrogens is 248 g/mol. The van der Waals surface area contributed by atoms with Crippen molar-refractivity contribution in [2.75, 3.05) is 11.1 Å². The zero-order valence-electron chi connectivity index (χ0n) is 9.91. The SMILES string of the molecule is CC(=O)c1cccc(Nc2cc(Cl)ccc2N)c1. The van der Waals surface area contributed by atoms with Crippen LogP contribution in [0.5, 0.6) is 0 Å². The van der Waals surface area contributed by atoms with Crippen LogP contribution < -0.4 is 11.1 Å². The van der Waals surface area contributed by atoms with Crippen molar-refractivity contribution in [3.05, 3.63) is 53.1 Å². The minimum Gasteiger partial charge on any atom is -0.397 e. The summed E-state index contributed by atoms with van der Waals surface area (Å²) in [5, 5.41) is 3.75.